The smallest absolute Gasteiger partial charge is 0.371 e. The third-order valence-corrected chi connectivity index (χ3v) is 5.07. The number of hydrogen-bond donors (Lipinski definition) is 1. The summed E-state index contributed by atoms with van der Waals surface area (Å²) in [6.45, 7) is 1.38. The number of halogens is 5. The van der Waals surface area contributed by atoms with Crippen LogP contribution in [0.3, 0.4) is 0 Å². The second-order valence-electron chi connectivity index (χ2n) is 7.16. The number of ether oxygens (including phenoxy) is 1. The Morgan fingerprint density at radius 1 is 1.14 bits per heavy atom. The van der Waals surface area contributed by atoms with Gasteiger partial charge >= 0.3 is 6.18 Å². The Labute approximate surface area is 163 Å². The van der Waals surface area contributed by atoms with Crippen LogP contribution in [0.5, 0.6) is 0 Å². The van der Waals surface area contributed by atoms with Gasteiger partial charge in [0.05, 0.1) is 23.8 Å². The molecule has 1 amide bonds. The van der Waals surface area contributed by atoms with E-state index < -0.39 is 35.4 Å². The molecule has 154 valence electrons. The van der Waals surface area contributed by atoms with Crippen LogP contribution in [-0.4, -0.2) is 30.5 Å². The van der Waals surface area contributed by atoms with Crippen molar-refractivity contribution in [3.05, 3.63) is 69.8 Å². The van der Waals surface area contributed by atoms with Crippen molar-refractivity contribution in [2.45, 2.75) is 25.4 Å². The van der Waals surface area contributed by atoms with Crippen LogP contribution in [0.4, 0.5) is 22.0 Å². The van der Waals surface area contributed by atoms with Gasteiger partial charge in [0.25, 0.3) is 5.91 Å². The lowest BCUT2D eigenvalue weighted by atomic mass is 10.0. The van der Waals surface area contributed by atoms with Crippen molar-refractivity contribution < 1.29 is 31.5 Å². The van der Waals surface area contributed by atoms with Crippen LogP contribution in [0.1, 0.15) is 38.7 Å². The Bertz CT molecular complexity index is 961. The molecule has 0 bridgehead atoms. The third kappa shape index (κ3) is 4.11. The van der Waals surface area contributed by atoms with Gasteiger partial charge < -0.3 is 10.1 Å². The Hall–Kier alpha value is -2.52. The molecule has 9 heteroatoms. The number of carbonyl (C=O) groups excluding carboxylic acids is 1. The minimum absolute atomic E-state index is 0.0286. The fourth-order valence-corrected chi connectivity index (χ4v) is 3.74. The summed E-state index contributed by atoms with van der Waals surface area (Å²) in [5, 5.41) is 2.56. The SMILES string of the molecule is O=C1NCc2cc([C@@H]3CN(Cc4cc(F)cc(C(F)(F)F)c4)CCO3)cc(F)c21. The normalized spacial score (nSPS) is 19.9. The summed E-state index contributed by atoms with van der Waals surface area (Å²) in [4.78, 5) is 13.5. The van der Waals surface area contributed by atoms with Gasteiger partial charge in [-0.2, -0.15) is 13.2 Å². The number of fused-ring (bicyclic) bond motifs is 1. The summed E-state index contributed by atoms with van der Waals surface area (Å²) < 4.78 is 72.4. The van der Waals surface area contributed by atoms with Crippen molar-refractivity contribution in [2.24, 2.45) is 0 Å². The molecule has 1 fully saturated rings. The highest BCUT2D eigenvalue weighted by Gasteiger charge is 2.32. The standard InChI is InChI=1S/C20H17F5N2O2/c21-15-4-11(3-14(7-15)20(23,24)25)9-27-1-2-29-17(10-27)12-5-13-8-26-19(28)18(13)16(22)6-12/h3-7,17H,1-2,8-10H2,(H,26,28)/t17-/m0/s1. The minimum atomic E-state index is -4.63. The lowest BCUT2D eigenvalue weighted by molar-refractivity contribution is -0.137. The van der Waals surface area contributed by atoms with Gasteiger partial charge in [0.2, 0.25) is 0 Å². The molecule has 0 radical (unpaired) electrons. The molecule has 2 aromatic rings. The molecule has 4 rings (SSSR count). The summed E-state index contributed by atoms with van der Waals surface area (Å²) in [6, 6.07) is 5.43. The summed E-state index contributed by atoms with van der Waals surface area (Å²) in [5.74, 6) is -2.03. The first-order chi connectivity index (χ1) is 13.7. The van der Waals surface area contributed by atoms with Crippen molar-refractivity contribution >= 4 is 5.91 Å². The van der Waals surface area contributed by atoms with E-state index in [0.717, 1.165) is 12.1 Å². The average Bonchev–Trinajstić information content (AvgIpc) is 3.02. The molecule has 0 aliphatic carbocycles. The molecule has 2 aliphatic rings. The molecule has 0 unspecified atom stereocenters. The number of carbonyl (C=O) groups is 1. The zero-order chi connectivity index (χ0) is 20.8. The second-order valence-corrected chi connectivity index (χ2v) is 7.16. The second kappa shape index (κ2) is 7.38. The molecule has 2 aromatic carbocycles. The zero-order valence-corrected chi connectivity index (χ0v) is 15.2. The van der Waals surface area contributed by atoms with Gasteiger partial charge in [0, 0.05) is 26.2 Å². The van der Waals surface area contributed by atoms with Crippen LogP contribution in [0.2, 0.25) is 0 Å². The largest absolute Gasteiger partial charge is 0.416 e. The molecule has 2 heterocycles. The maximum absolute atomic E-state index is 14.3. The minimum Gasteiger partial charge on any atom is -0.371 e. The van der Waals surface area contributed by atoms with E-state index in [2.05, 4.69) is 5.32 Å². The van der Waals surface area contributed by atoms with Crippen molar-refractivity contribution in [1.82, 2.24) is 10.2 Å². The molecule has 0 saturated carbocycles. The predicted molar refractivity (Wildman–Crippen MR) is 92.9 cm³/mol. The fraction of sp³-hybridized carbons (Fsp3) is 0.350. The summed E-state index contributed by atoms with van der Waals surface area (Å²) in [6.07, 6.45) is -5.13. The predicted octanol–water partition coefficient (Wildman–Crippen LogP) is 3.80. The highest BCUT2D eigenvalue weighted by Crippen LogP contribution is 2.32. The van der Waals surface area contributed by atoms with Crippen LogP contribution in [0.15, 0.2) is 30.3 Å². The number of morpholine rings is 1. The quantitative estimate of drug-likeness (QED) is 0.780. The van der Waals surface area contributed by atoms with Gasteiger partial charge in [-0.1, -0.05) is 6.07 Å². The Kier molecular flexibility index (Phi) is 5.04. The van der Waals surface area contributed by atoms with Crippen LogP contribution in [0, 0.1) is 11.6 Å². The summed E-state index contributed by atoms with van der Waals surface area (Å²) in [7, 11) is 0. The van der Waals surface area contributed by atoms with E-state index in [0.29, 0.717) is 36.9 Å². The van der Waals surface area contributed by atoms with Crippen LogP contribution >= 0.6 is 0 Å². The van der Waals surface area contributed by atoms with Crippen LogP contribution < -0.4 is 5.32 Å². The molecule has 29 heavy (non-hydrogen) atoms. The van der Waals surface area contributed by atoms with E-state index >= 15 is 0 Å². The highest BCUT2D eigenvalue weighted by atomic mass is 19.4. The van der Waals surface area contributed by atoms with Gasteiger partial charge in [-0.05, 0) is 41.0 Å². The zero-order valence-electron chi connectivity index (χ0n) is 15.2. The number of nitrogens with zero attached hydrogens (tertiary/aromatic N) is 1. The van der Waals surface area contributed by atoms with E-state index in [1.165, 1.54) is 6.07 Å². The average molecular weight is 412 g/mol. The Morgan fingerprint density at radius 3 is 2.69 bits per heavy atom. The topological polar surface area (TPSA) is 41.6 Å². The lowest BCUT2D eigenvalue weighted by Gasteiger charge is -2.33. The molecule has 2 aliphatic heterocycles. The van der Waals surface area contributed by atoms with Gasteiger partial charge in [-0.3, -0.25) is 9.69 Å². The number of alkyl halides is 3. The first kappa shape index (κ1) is 19.8. The molecule has 1 atom stereocenters. The Balaban J connectivity index is 1.52. The van der Waals surface area contributed by atoms with Gasteiger partial charge in [0.15, 0.2) is 0 Å². The number of nitrogens with one attached hydrogen (secondary N) is 1. The first-order valence-corrected chi connectivity index (χ1v) is 9.02. The van der Waals surface area contributed by atoms with Crippen molar-refractivity contribution in [2.75, 3.05) is 19.7 Å². The molecular weight excluding hydrogens is 395 g/mol. The van der Waals surface area contributed by atoms with E-state index in [1.807, 2.05) is 4.90 Å². The monoisotopic (exact) mass is 412 g/mol. The van der Waals surface area contributed by atoms with Gasteiger partial charge in [-0.25, -0.2) is 8.78 Å². The molecule has 1 saturated heterocycles. The number of amides is 1. The number of benzene rings is 2. The van der Waals surface area contributed by atoms with E-state index in [4.69, 9.17) is 4.74 Å². The van der Waals surface area contributed by atoms with Gasteiger partial charge in [-0.15, -0.1) is 0 Å². The van der Waals surface area contributed by atoms with E-state index in [9.17, 15) is 26.7 Å². The van der Waals surface area contributed by atoms with Crippen LogP contribution in [0.25, 0.3) is 0 Å². The summed E-state index contributed by atoms with van der Waals surface area (Å²) >= 11 is 0. The molecule has 1 N–H and O–H groups in total. The lowest BCUT2D eigenvalue weighted by Crippen LogP contribution is -2.38. The van der Waals surface area contributed by atoms with Crippen LogP contribution in [-0.2, 0) is 24.0 Å². The number of hydrogen-bond acceptors (Lipinski definition) is 3. The van der Waals surface area contributed by atoms with E-state index in [1.54, 1.807) is 6.07 Å². The Morgan fingerprint density at radius 2 is 1.93 bits per heavy atom. The third-order valence-electron chi connectivity index (χ3n) is 5.07. The molecule has 4 nitrogen and oxygen atoms in total. The van der Waals surface area contributed by atoms with Crippen molar-refractivity contribution in [3.8, 4) is 0 Å². The summed E-state index contributed by atoms with van der Waals surface area (Å²) in [5.41, 5.74) is 0.298. The molecule has 0 spiro atoms. The van der Waals surface area contributed by atoms with Crippen molar-refractivity contribution in [1.29, 1.82) is 0 Å². The maximum Gasteiger partial charge on any atom is 0.416 e. The molecule has 0 aromatic heterocycles. The van der Waals surface area contributed by atoms with E-state index in [-0.39, 0.29) is 24.2 Å². The fourth-order valence-electron chi connectivity index (χ4n) is 3.74. The number of rotatable bonds is 3. The van der Waals surface area contributed by atoms with Crippen molar-refractivity contribution in [3.63, 3.8) is 0 Å². The molecular formula is C20H17F5N2O2. The highest BCUT2D eigenvalue weighted by molar-refractivity contribution is 5.98. The van der Waals surface area contributed by atoms with Gasteiger partial charge in [0.1, 0.15) is 11.6 Å². The maximum atomic E-state index is 14.3. The first-order valence-electron chi connectivity index (χ1n) is 9.02.